The van der Waals surface area contributed by atoms with Crippen LogP contribution in [0.25, 0.3) is 21.5 Å². The molecule has 0 radical (unpaired) electrons. The van der Waals surface area contributed by atoms with Gasteiger partial charge in [0.15, 0.2) is 0 Å². The molecular weight excluding hydrogens is 420 g/mol. The second kappa shape index (κ2) is 13.3. The van der Waals surface area contributed by atoms with Crippen LogP contribution in [0.1, 0.15) is 57.3 Å². The standard InChI is InChI=1S/C15H10O2.C11H26O3Si/c16-15(17)14-12-7-3-1-5-10(12)9-11-6-2-4-8-13(11)14;1-5-9-12-15(8-4,13-10-6-2)14-11-7-3/h1-9H,(H,16,17);5-11H2,1-4H3. The van der Waals surface area contributed by atoms with E-state index < -0.39 is 14.8 Å². The quantitative estimate of drug-likeness (QED) is 0.251. The number of fused-ring (bicyclic) bond motifs is 2. The minimum absolute atomic E-state index is 0.388. The summed E-state index contributed by atoms with van der Waals surface area (Å²) in [5, 5.41) is 12.9. The van der Waals surface area contributed by atoms with Gasteiger partial charge in [0, 0.05) is 25.9 Å². The zero-order valence-corrected chi connectivity index (χ0v) is 20.7. The molecule has 3 rings (SSSR count). The van der Waals surface area contributed by atoms with Gasteiger partial charge in [0.05, 0.1) is 5.56 Å². The van der Waals surface area contributed by atoms with Crippen molar-refractivity contribution in [2.75, 3.05) is 19.8 Å². The maximum atomic E-state index is 11.4. The Morgan fingerprint density at radius 3 is 1.50 bits per heavy atom. The fourth-order valence-electron chi connectivity index (χ4n) is 3.45. The zero-order valence-electron chi connectivity index (χ0n) is 19.7. The van der Waals surface area contributed by atoms with E-state index in [0.29, 0.717) is 5.56 Å². The van der Waals surface area contributed by atoms with Crippen LogP contribution >= 0.6 is 0 Å². The normalized spacial score (nSPS) is 11.4. The number of hydrogen-bond donors (Lipinski definition) is 1. The first-order valence-corrected chi connectivity index (χ1v) is 13.5. The van der Waals surface area contributed by atoms with Gasteiger partial charge >= 0.3 is 14.8 Å². The van der Waals surface area contributed by atoms with Crippen LogP contribution in [0, 0.1) is 0 Å². The maximum Gasteiger partial charge on any atom is 0.500 e. The first-order chi connectivity index (χ1) is 15.5. The highest BCUT2D eigenvalue weighted by Gasteiger charge is 2.38. The highest BCUT2D eigenvalue weighted by Crippen LogP contribution is 2.28. The van der Waals surface area contributed by atoms with Gasteiger partial charge in [0.2, 0.25) is 0 Å². The Bertz CT molecular complexity index is 913. The highest BCUT2D eigenvalue weighted by molar-refractivity contribution is 6.60. The number of aromatic carboxylic acids is 1. The summed E-state index contributed by atoms with van der Waals surface area (Å²) in [4.78, 5) is 11.4. The fraction of sp³-hybridized carbons (Fsp3) is 0.423. The van der Waals surface area contributed by atoms with Gasteiger partial charge in [-0.15, -0.1) is 0 Å². The van der Waals surface area contributed by atoms with E-state index in [1.54, 1.807) is 0 Å². The van der Waals surface area contributed by atoms with Gasteiger partial charge in [0.25, 0.3) is 0 Å². The summed E-state index contributed by atoms with van der Waals surface area (Å²) in [7, 11) is -2.33. The Morgan fingerprint density at radius 2 is 1.16 bits per heavy atom. The molecule has 0 unspecified atom stereocenters. The van der Waals surface area contributed by atoms with Crippen LogP contribution in [0.5, 0.6) is 0 Å². The predicted octanol–water partition coefficient (Wildman–Crippen LogP) is 6.92. The van der Waals surface area contributed by atoms with Gasteiger partial charge in [0.1, 0.15) is 0 Å². The molecule has 5 nitrogen and oxygen atoms in total. The lowest BCUT2D eigenvalue weighted by Crippen LogP contribution is -2.45. The van der Waals surface area contributed by atoms with Crippen LogP contribution in [0.2, 0.25) is 6.04 Å². The van der Waals surface area contributed by atoms with Gasteiger partial charge < -0.3 is 18.4 Å². The van der Waals surface area contributed by atoms with Crippen molar-refractivity contribution < 1.29 is 23.2 Å². The molecule has 0 saturated heterocycles. The zero-order chi connectivity index (χ0) is 23.4. The molecule has 6 heteroatoms. The summed E-state index contributed by atoms with van der Waals surface area (Å²) in [5.74, 6) is -0.877. The molecule has 3 aromatic carbocycles. The third-order valence-corrected chi connectivity index (χ3v) is 7.79. The molecule has 32 heavy (non-hydrogen) atoms. The summed E-state index contributed by atoms with van der Waals surface area (Å²) in [6, 6.07) is 18.0. The fourth-order valence-corrected chi connectivity index (χ4v) is 5.86. The molecule has 174 valence electrons. The molecule has 0 amide bonds. The Hall–Kier alpha value is -2.25. The molecule has 0 heterocycles. The number of rotatable bonds is 11. The van der Waals surface area contributed by atoms with Crippen molar-refractivity contribution in [3.8, 4) is 0 Å². The number of benzene rings is 3. The van der Waals surface area contributed by atoms with Crippen LogP contribution in [0.15, 0.2) is 54.6 Å². The molecule has 0 bridgehead atoms. The second-order valence-corrected chi connectivity index (χ2v) is 10.5. The van der Waals surface area contributed by atoms with Crippen molar-refractivity contribution >= 4 is 36.3 Å². The van der Waals surface area contributed by atoms with E-state index in [-0.39, 0.29) is 0 Å². The van der Waals surface area contributed by atoms with Gasteiger partial charge in [-0.3, -0.25) is 0 Å². The predicted molar refractivity (Wildman–Crippen MR) is 133 cm³/mol. The summed E-state index contributed by atoms with van der Waals surface area (Å²) < 4.78 is 17.5. The van der Waals surface area contributed by atoms with Gasteiger partial charge in [-0.1, -0.05) is 76.2 Å². The lowest BCUT2D eigenvalue weighted by molar-refractivity contribution is 0.0603. The second-order valence-electron chi connectivity index (χ2n) is 7.58. The van der Waals surface area contributed by atoms with Crippen molar-refractivity contribution in [2.45, 2.75) is 53.0 Å². The third-order valence-electron chi connectivity index (χ3n) is 5.00. The summed E-state index contributed by atoms with van der Waals surface area (Å²) in [5.41, 5.74) is 0.388. The molecule has 0 aliphatic rings. The molecule has 0 fully saturated rings. The number of carboxylic acids is 1. The van der Waals surface area contributed by atoms with Crippen LogP contribution in [0.3, 0.4) is 0 Å². The van der Waals surface area contributed by atoms with Gasteiger partial charge in [-0.2, -0.15) is 0 Å². The Balaban J connectivity index is 0.000000230. The summed E-state index contributed by atoms with van der Waals surface area (Å²) >= 11 is 0. The molecule has 1 N–H and O–H groups in total. The number of carbonyl (C=O) groups is 1. The third kappa shape index (κ3) is 6.87. The lowest BCUT2D eigenvalue weighted by atomic mass is 9.97. The van der Waals surface area contributed by atoms with Crippen LogP contribution in [-0.2, 0) is 13.3 Å². The van der Waals surface area contributed by atoms with Crippen molar-refractivity contribution in [1.82, 2.24) is 0 Å². The average Bonchev–Trinajstić information content (AvgIpc) is 2.82. The van der Waals surface area contributed by atoms with E-state index in [1.807, 2.05) is 54.6 Å². The molecule has 0 saturated carbocycles. The molecular formula is C26H36O5Si. The average molecular weight is 457 g/mol. The van der Waals surface area contributed by atoms with Crippen molar-refractivity contribution in [2.24, 2.45) is 0 Å². The Kier molecular flexibility index (Phi) is 10.8. The van der Waals surface area contributed by atoms with Crippen molar-refractivity contribution in [1.29, 1.82) is 0 Å². The number of carboxylic acid groups (broad SMARTS) is 1. The first kappa shape index (κ1) is 26.0. The Labute approximate surface area is 192 Å². The van der Waals surface area contributed by atoms with Gasteiger partial charge in [-0.05, 0) is 46.9 Å². The van der Waals surface area contributed by atoms with E-state index in [2.05, 4.69) is 27.7 Å². The molecule has 3 aromatic rings. The van der Waals surface area contributed by atoms with Crippen molar-refractivity contribution in [3.63, 3.8) is 0 Å². The van der Waals surface area contributed by atoms with E-state index in [4.69, 9.17) is 13.3 Å². The SMILES string of the molecule is CCCO[Si](CC)(OCCC)OCCC.O=C(O)c1c2ccccc2cc2ccccc12. The Morgan fingerprint density at radius 1 is 0.750 bits per heavy atom. The van der Waals surface area contributed by atoms with Crippen molar-refractivity contribution in [3.05, 3.63) is 60.2 Å². The topological polar surface area (TPSA) is 65.0 Å². The molecule has 0 atom stereocenters. The monoisotopic (exact) mass is 456 g/mol. The van der Waals surface area contributed by atoms with Gasteiger partial charge in [-0.25, -0.2) is 4.79 Å². The molecule has 0 aliphatic heterocycles. The van der Waals surface area contributed by atoms with E-state index in [1.165, 1.54) is 0 Å². The minimum Gasteiger partial charge on any atom is -0.478 e. The minimum atomic E-state index is -2.33. The molecule has 0 aromatic heterocycles. The highest BCUT2D eigenvalue weighted by atomic mass is 28.4. The lowest BCUT2D eigenvalue weighted by Gasteiger charge is -2.28. The first-order valence-electron chi connectivity index (χ1n) is 11.6. The summed E-state index contributed by atoms with van der Waals surface area (Å²) in [6.45, 7) is 10.6. The largest absolute Gasteiger partial charge is 0.500 e. The van der Waals surface area contributed by atoms with Crippen LogP contribution in [0.4, 0.5) is 0 Å². The van der Waals surface area contributed by atoms with E-state index in [9.17, 15) is 9.90 Å². The van der Waals surface area contributed by atoms with Crippen LogP contribution < -0.4 is 0 Å². The number of hydrogen-bond acceptors (Lipinski definition) is 4. The molecule has 0 spiro atoms. The maximum absolute atomic E-state index is 11.4. The van der Waals surface area contributed by atoms with E-state index in [0.717, 1.165) is 66.7 Å². The smallest absolute Gasteiger partial charge is 0.478 e. The van der Waals surface area contributed by atoms with E-state index >= 15 is 0 Å². The van der Waals surface area contributed by atoms with Crippen LogP contribution in [-0.4, -0.2) is 39.7 Å². The summed E-state index contributed by atoms with van der Waals surface area (Å²) in [6.07, 6.45) is 3.04. The molecule has 0 aliphatic carbocycles.